The average molecular weight is 178 g/mol. The summed E-state index contributed by atoms with van der Waals surface area (Å²) in [5.74, 6) is 1.34. The average Bonchev–Trinajstić information content (AvgIpc) is 2.84. The molecule has 0 aliphatic heterocycles. The van der Waals surface area contributed by atoms with Gasteiger partial charge in [-0.25, -0.2) is 0 Å². The molecule has 3 aliphatic rings. The van der Waals surface area contributed by atoms with Gasteiger partial charge in [0.25, 0.3) is 0 Å². The second-order valence-corrected chi connectivity index (χ2v) is 4.93. The van der Waals surface area contributed by atoms with E-state index in [0.29, 0.717) is 18.3 Å². The van der Waals surface area contributed by atoms with Crippen molar-refractivity contribution in [3.63, 3.8) is 0 Å². The summed E-state index contributed by atoms with van der Waals surface area (Å²) in [6, 6.07) is 0. The summed E-state index contributed by atoms with van der Waals surface area (Å²) in [7, 11) is 0. The molecule has 0 bridgehead atoms. The van der Waals surface area contributed by atoms with Crippen LogP contribution in [0.4, 0.5) is 0 Å². The van der Waals surface area contributed by atoms with E-state index in [1.165, 1.54) is 6.42 Å². The molecule has 2 fully saturated rings. The molecule has 0 heterocycles. The van der Waals surface area contributed by atoms with Crippen LogP contribution in [-0.4, -0.2) is 17.0 Å². The van der Waals surface area contributed by atoms with E-state index >= 15 is 0 Å². The maximum Gasteiger partial charge on any atom is 0.155 e. The molecule has 0 aromatic carbocycles. The molecule has 1 N–H and O–H groups in total. The number of carbonyl (C=O) groups is 1. The molecule has 4 atom stereocenters. The second-order valence-electron chi connectivity index (χ2n) is 4.93. The first kappa shape index (κ1) is 7.74. The van der Waals surface area contributed by atoms with Crippen LogP contribution in [0.2, 0.25) is 0 Å². The number of hydrogen-bond donors (Lipinski definition) is 1. The van der Waals surface area contributed by atoms with Gasteiger partial charge in [-0.05, 0) is 41.7 Å². The van der Waals surface area contributed by atoms with Gasteiger partial charge >= 0.3 is 0 Å². The van der Waals surface area contributed by atoms with Crippen molar-refractivity contribution in [1.29, 1.82) is 0 Å². The largest absolute Gasteiger partial charge is 0.388 e. The fraction of sp³-hybridized carbons (Fsp3) is 0.727. The van der Waals surface area contributed by atoms with E-state index in [4.69, 9.17) is 0 Å². The third-order valence-electron chi connectivity index (χ3n) is 4.25. The third kappa shape index (κ3) is 0.798. The normalized spacial score (nSPS) is 52.6. The maximum atomic E-state index is 11.2. The summed E-state index contributed by atoms with van der Waals surface area (Å²) in [6.07, 6.45) is 4.20. The lowest BCUT2D eigenvalue weighted by Gasteiger charge is -2.32. The van der Waals surface area contributed by atoms with Gasteiger partial charge in [-0.3, -0.25) is 4.79 Å². The smallest absolute Gasteiger partial charge is 0.155 e. The minimum Gasteiger partial charge on any atom is -0.388 e. The van der Waals surface area contributed by atoms with Crippen molar-refractivity contribution in [3.05, 3.63) is 11.6 Å². The molecule has 13 heavy (non-hydrogen) atoms. The Kier molecular flexibility index (Phi) is 1.23. The number of allylic oxidation sites excluding steroid dienone is 1. The molecule has 4 unspecified atom stereocenters. The molecule has 2 nitrogen and oxygen atoms in total. The molecule has 0 spiro atoms. The van der Waals surface area contributed by atoms with Gasteiger partial charge in [0, 0.05) is 6.42 Å². The Morgan fingerprint density at radius 1 is 1.62 bits per heavy atom. The van der Waals surface area contributed by atoms with Crippen LogP contribution in [0.3, 0.4) is 0 Å². The molecule has 3 rings (SSSR count). The summed E-state index contributed by atoms with van der Waals surface area (Å²) < 4.78 is 0. The van der Waals surface area contributed by atoms with Crippen molar-refractivity contribution in [2.24, 2.45) is 17.3 Å². The van der Waals surface area contributed by atoms with E-state index in [9.17, 15) is 9.90 Å². The lowest BCUT2D eigenvalue weighted by Crippen LogP contribution is -2.28. The van der Waals surface area contributed by atoms with Gasteiger partial charge in [-0.1, -0.05) is 6.92 Å². The van der Waals surface area contributed by atoms with Gasteiger partial charge in [0.1, 0.15) is 0 Å². The summed E-state index contributed by atoms with van der Waals surface area (Å²) >= 11 is 0. The third-order valence-corrected chi connectivity index (χ3v) is 4.25. The fourth-order valence-electron chi connectivity index (χ4n) is 3.29. The first-order chi connectivity index (χ1) is 6.13. The highest BCUT2D eigenvalue weighted by molar-refractivity contribution is 5.92. The van der Waals surface area contributed by atoms with E-state index in [1.54, 1.807) is 6.08 Å². The number of fused-ring (bicyclic) bond motifs is 3. The Morgan fingerprint density at radius 2 is 2.38 bits per heavy atom. The van der Waals surface area contributed by atoms with Crippen LogP contribution in [-0.2, 0) is 4.79 Å². The predicted molar refractivity (Wildman–Crippen MR) is 48.0 cm³/mol. The zero-order valence-electron chi connectivity index (χ0n) is 7.79. The summed E-state index contributed by atoms with van der Waals surface area (Å²) in [5.41, 5.74) is 1.20. The monoisotopic (exact) mass is 178 g/mol. The van der Waals surface area contributed by atoms with Gasteiger partial charge < -0.3 is 5.11 Å². The maximum absolute atomic E-state index is 11.2. The molecular weight excluding hydrogens is 164 g/mol. The Balaban J connectivity index is 2.08. The van der Waals surface area contributed by atoms with E-state index in [-0.39, 0.29) is 17.3 Å². The molecule has 0 amide bonds. The van der Waals surface area contributed by atoms with Crippen LogP contribution in [0, 0.1) is 17.3 Å². The van der Waals surface area contributed by atoms with Crippen LogP contribution in [0.15, 0.2) is 11.6 Å². The second kappa shape index (κ2) is 2.06. The zero-order valence-corrected chi connectivity index (χ0v) is 7.79. The van der Waals surface area contributed by atoms with Gasteiger partial charge in [0.2, 0.25) is 0 Å². The SMILES string of the molecule is CC12CCC(=O)C=C1C(O)C1CC12. The standard InChI is InChI=1S/C11H14O2/c1-11-3-2-6(12)4-9(11)10(13)7-5-8(7)11/h4,7-8,10,13H,2-3,5H2,1H3. The first-order valence-electron chi connectivity index (χ1n) is 5.06. The van der Waals surface area contributed by atoms with E-state index in [1.807, 2.05) is 0 Å². The molecule has 0 aromatic rings. The van der Waals surface area contributed by atoms with Crippen molar-refractivity contribution >= 4 is 5.78 Å². The molecule has 0 saturated heterocycles. The fourth-order valence-corrected chi connectivity index (χ4v) is 3.29. The summed E-state index contributed by atoms with van der Waals surface area (Å²) in [4.78, 5) is 11.2. The van der Waals surface area contributed by atoms with E-state index in [2.05, 4.69) is 6.92 Å². The molecule has 2 saturated carbocycles. The molecular formula is C11H14O2. The van der Waals surface area contributed by atoms with E-state index < -0.39 is 0 Å². The van der Waals surface area contributed by atoms with Crippen molar-refractivity contribution in [2.75, 3.05) is 0 Å². The van der Waals surface area contributed by atoms with Crippen LogP contribution in [0.5, 0.6) is 0 Å². The minimum absolute atomic E-state index is 0.165. The molecule has 0 aromatic heterocycles. The van der Waals surface area contributed by atoms with Crippen molar-refractivity contribution in [3.8, 4) is 0 Å². The number of aliphatic hydroxyl groups is 1. The number of aliphatic hydroxyl groups excluding tert-OH is 1. The lowest BCUT2D eigenvalue weighted by atomic mass is 9.72. The highest BCUT2D eigenvalue weighted by Gasteiger charge is 2.63. The lowest BCUT2D eigenvalue weighted by molar-refractivity contribution is -0.115. The van der Waals surface area contributed by atoms with Crippen LogP contribution >= 0.6 is 0 Å². The van der Waals surface area contributed by atoms with Crippen molar-refractivity contribution in [1.82, 2.24) is 0 Å². The minimum atomic E-state index is -0.306. The number of rotatable bonds is 0. The predicted octanol–water partition coefficient (Wildman–Crippen LogP) is 1.29. The highest BCUT2D eigenvalue weighted by atomic mass is 16.3. The van der Waals surface area contributed by atoms with Crippen molar-refractivity contribution in [2.45, 2.75) is 32.3 Å². The Morgan fingerprint density at radius 3 is 3.15 bits per heavy atom. The van der Waals surface area contributed by atoms with Crippen molar-refractivity contribution < 1.29 is 9.90 Å². The summed E-state index contributed by atoms with van der Waals surface area (Å²) in [6.45, 7) is 2.21. The van der Waals surface area contributed by atoms with Gasteiger partial charge in [0.15, 0.2) is 5.78 Å². The van der Waals surface area contributed by atoms with Gasteiger partial charge in [-0.2, -0.15) is 0 Å². The molecule has 0 radical (unpaired) electrons. The topological polar surface area (TPSA) is 37.3 Å². The summed E-state index contributed by atoms with van der Waals surface area (Å²) in [5, 5.41) is 9.90. The molecule has 2 heteroatoms. The number of hydrogen-bond acceptors (Lipinski definition) is 2. The quantitative estimate of drug-likeness (QED) is 0.607. The van der Waals surface area contributed by atoms with Gasteiger partial charge in [0.05, 0.1) is 6.10 Å². The highest BCUT2D eigenvalue weighted by Crippen LogP contribution is 2.67. The number of carbonyl (C=O) groups excluding carboxylic acids is 1. The Bertz CT molecular complexity index is 318. The zero-order chi connectivity index (χ0) is 9.22. The van der Waals surface area contributed by atoms with Crippen LogP contribution < -0.4 is 0 Å². The van der Waals surface area contributed by atoms with Crippen LogP contribution in [0.1, 0.15) is 26.2 Å². The Labute approximate surface area is 77.6 Å². The number of ketones is 1. The van der Waals surface area contributed by atoms with Crippen LogP contribution in [0.25, 0.3) is 0 Å². The molecule has 3 aliphatic carbocycles. The van der Waals surface area contributed by atoms with Gasteiger partial charge in [-0.15, -0.1) is 0 Å². The molecule has 70 valence electrons. The van der Waals surface area contributed by atoms with E-state index in [0.717, 1.165) is 12.0 Å². The first-order valence-corrected chi connectivity index (χ1v) is 5.06. The Hall–Kier alpha value is -0.630.